The summed E-state index contributed by atoms with van der Waals surface area (Å²) in [6.45, 7) is 11.0. The molecule has 0 bridgehead atoms. The number of nitriles is 1. The number of hydrogen-bond donors (Lipinski definition) is 2. The van der Waals surface area contributed by atoms with Gasteiger partial charge in [-0.15, -0.1) is 12.4 Å². The molecule has 1 saturated carbocycles. The smallest absolute Gasteiger partial charge is 0.331 e. The number of alkyl halides is 3. The van der Waals surface area contributed by atoms with Crippen molar-refractivity contribution in [1.29, 1.82) is 5.26 Å². The molecule has 19 heteroatoms. The highest BCUT2D eigenvalue weighted by molar-refractivity contribution is 7.80. The van der Waals surface area contributed by atoms with E-state index in [9.17, 15) is 37.6 Å². The molecule has 3 aromatic rings. The molecule has 3 aliphatic heterocycles. The molecule has 2 N–H and O–H groups in total. The number of halogens is 4. The average Bonchev–Trinajstić information content (AvgIpc) is 3.62. The molecule has 7 rings (SSSR count). The van der Waals surface area contributed by atoms with Gasteiger partial charge in [-0.1, -0.05) is 18.9 Å². The predicted molar refractivity (Wildman–Crippen MR) is 236 cm³/mol. The number of aryl methyl sites for hydroxylation is 1. The molecule has 5 amide bonds. The molecule has 4 fully saturated rings. The van der Waals surface area contributed by atoms with E-state index in [1.807, 2.05) is 23.1 Å². The van der Waals surface area contributed by atoms with Crippen molar-refractivity contribution in [2.24, 2.45) is 13.0 Å². The molecule has 3 saturated heterocycles. The molecule has 1 aliphatic carbocycles. The molecular weight excluding hydrogens is 845 g/mol. The van der Waals surface area contributed by atoms with Crippen molar-refractivity contribution >= 4 is 81.6 Å². The first kappa shape index (κ1) is 46.7. The van der Waals surface area contributed by atoms with E-state index in [1.54, 1.807) is 31.6 Å². The summed E-state index contributed by atoms with van der Waals surface area (Å²) < 4.78 is 42.9. The van der Waals surface area contributed by atoms with E-state index in [2.05, 4.69) is 39.4 Å². The van der Waals surface area contributed by atoms with E-state index in [0.29, 0.717) is 28.3 Å². The molecular formula is C43H54ClF3N10O4S. The number of nitrogens with one attached hydrogen (secondary N) is 2. The van der Waals surface area contributed by atoms with Crippen molar-refractivity contribution < 1.29 is 32.3 Å². The fraction of sp³-hybridized carbons (Fsp3) is 0.558. The normalized spacial score (nSPS) is 23.7. The number of thiocarbonyl (C=S) groups is 1. The van der Waals surface area contributed by atoms with Crippen molar-refractivity contribution in [2.45, 2.75) is 109 Å². The molecule has 4 aliphatic rings. The standard InChI is InChI=1S/C43H53F3N10O4S.ClH/c1-26-23-52(24-27(2)54(26)25-36(58)48-34-11-8-10-32-37(34)51(5)50-38(32)53-20-18-35(57)49-40(53)60)19-7-6-9-28-12-15-30(16-13-28)56-41(61)55(39(59)42(56,3)4)31-17-14-29(22-47)33(21-31)43(44,45)46;/h8,10-11,14,17,21,26-28,30H,6-7,9,12-13,15-16,18-20,23-25H2,1-5H3,(H,48,58)(H,49,57,60);1H/t26-,27+,28?,30?;. The maximum Gasteiger partial charge on any atom is 0.417 e. The Kier molecular flexibility index (Phi) is 13.9. The molecule has 0 unspecified atom stereocenters. The van der Waals surface area contributed by atoms with Gasteiger partial charge >= 0.3 is 12.2 Å². The summed E-state index contributed by atoms with van der Waals surface area (Å²) >= 11 is 5.78. The van der Waals surface area contributed by atoms with E-state index < -0.39 is 28.9 Å². The molecule has 0 radical (unpaired) electrons. The molecule has 0 spiro atoms. The summed E-state index contributed by atoms with van der Waals surface area (Å²) in [6.07, 6.45) is 2.29. The van der Waals surface area contributed by atoms with Crippen LogP contribution in [0.5, 0.6) is 0 Å². The first-order chi connectivity index (χ1) is 28.9. The van der Waals surface area contributed by atoms with Crippen molar-refractivity contribution in [3.8, 4) is 6.07 Å². The van der Waals surface area contributed by atoms with Crippen LogP contribution in [0.2, 0.25) is 0 Å². The molecule has 4 heterocycles. The van der Waals surface area contributed by atoms with Gasteiger partial charge in [0.1, 0.15) is 5.54 Å². The van der Waals surface area contributed by atoms with Crippen molar-refractivity contribution in [3.63, 3.8) is 0 Å². The maximum absolute atomic E-state index is 13.8. The number of hydrogen-bond acceptors (Lipinski definition) is 9. The van der Waals surface area contributed by atoms with E-state index in [-0.39, 0.29) is 78.6 Å². The fourth-order valence-electron chi connectivity index (χ4n) is 9.82. The zero-order valence-electron chi connectivity index (χ0n) is 35.6. The molecule has 2 aromatic carbocycles. The Hall–Kier alpha value is -4.83. The van der Waals surface area contributed by atoms with Crippen LogP contribution in [0.25, 0.3) is 10.9 Å². The van der Waals surface area contributed by atoms with Gasteiger partial charge in [0.05, 0.1) is 40.6 Å². The number of para-hydroxylation sites is 1. The van der Waals surface area contributed by atoms with Gasteiger partial charge in [-0.2, -0.15) is 23.5 Å². The quantitative estimate of drug-likeness (QED) is 0.155. The van der Waals surface area contributed by atoms with Crippen LogP contribution in [0.3, 0.4) is 0 Å². The first-order valence-electron chi connectivity index (χ1n) is 21.0. The van der Waals surface area contributed by atoms with Gasteiger partial charge in [0, 0.05) is 56.6 Å². The first-order valence-corrected chi connectivity index (χ1v) is 21.4. The predicted octanol–water partition coefficient (Wildman–Crippen LogP) is 6.81. The highest BCUT2D eigenvalue weighted by Gasteiger charge is 2.52. The number of carbonyl (C=O) groups excluding carboxylic acids is 4. The minimum atomic E-state index is -4.75. The number of aromatic nitrogens is 2. The number of nitrogens with zero attached hydrogens (tertiary/aromatic N) is 8. The van der Waals surface area contributed by atoms with Crippen molar-refractivity contribution in [2.75, 3.05) is 47.8 Å². The third-order valence-corrected chi connectivity index (χ3v) is 13.2. The molecule has 1 aromatic heterocycles. The van der Waals surface area contributed by atoms with E-state index >= 15 is 0 Å². The van der Waals surface area contributed by atoms with E-state index in [0.717, 1.165) is 76.7 Å². The fourth-order valence-corrected chi connectivity index (χ4v) is 10.4. The van der Waals surface area contributed by atoms with Gasteiger partial charge in [0.2, 0.25) is 11.8 Å². The van der Waals surface area contributed by atoms with Crippen LogP contribution in [0.4, 0.5) is 35.2 Å². The van der Waals surface area contributed by atoms with Gasteiger partial charge in [-0.25, -0.2) is 4.79 Å². The Morgan fingerprint density at radius 1 is 1.05 bits per heavy atom. The lowest BCUT2D eigenvalue weighted by atomic mass is 9.81. The zero-order valence-corrected chi connectivity index (χ0v) is 37.3. The Morgan fingerprint density at radius 2 is 1.74 bits per heavy atom. The lowest BCUT2D eigenvalue weighted by molar-refractivity contribution is -0.137. The summed E-state index contributed by atoms with van der Waals surface area (Å²) in [5.74, 6) is 0.136. The maximum atomic E-state index is 13.8. The van der Waals surface area contributed by atoms with Crippen molar-refractivity contribution in [3.05, 3.63) is 47.5 Å². The second-order valence-corrected chi connectivity index (χ2v) is 17.8. The van der Waals surface area contributed by atoms with Crippen LogP contribution < -0.4 is 20.4 Å². The minimum absolute atomic E-state index is 0. The van der Waals surface area contributed by atoms with Crippen LogP contribution in [0.1, 0.15) is 90.2 Å². The molecule has 14 nitrogen and oxygen atoms in total. The number of fused-ring (bicyclic) bond motifs is 1. The van der Waals surface area contributed by atoms with E-state index in [4.69, 9.17) is 12.2 Å². The van der Waals surface area contributed by atoms with Gasteiger partial charge in [0.25, 0.3) is 5.91 Å². The second-order valence-electron chi connectivity index (χ2n) is 17.4. The van der Waals surface area contributed by atoms with Crippen LogP contribution >= 0.6 is 24.6 Å². The number of anilines is 3. The number of rotatable bonds is 11. The summed E-state index contributed by atoms with van der Waals surface area (Å²) in [6, 6.07) is 10.2. The number of amides is 5. The summed E-state index contributed by atoms with van der Waals surface area (Å²) in [4.78, 5) is 60.7. The topological polar surface area (TPSA) is 150 Å². The highest BCUT2D eigenvalue weighted by atomic mass is 35.5. The number of urea groups is 1. The summed E-state index contributed by atoms with van der Waals surface area (Å²) in [5.41, 5.74) is -1.32. The second kappa shape index (κ2) is 18.5. The van der Waals surface area contributed by atoms with Gasteiger partial charge in [-0.3, -0.25) is 39.1 Å². The SMILES string of the molecule is C[C@@H]1CN(CCCCC2CCC(N3C(=S)N(c4ccc(C#N)c(C(F)(F)F)c4)C(=O)C3(C)C)CC2)C[C@H](C)N1CC(=O)Nc1cccc2c(N3CCC(=O)NC3=O)nn(C)c12.Cl. The monoisotopic (exact) mass is 898 g/mol. The van der Waals surface area contributed by atoms with Gasteiger partial charge in [0.15, 0.2) is 10.9 Å². The van der Waals surface area contributed by atoms with E-state index in [1.165, 1.54) is 15.9 Å². The Morgan fingerprint density at radius 3 is 2.39 bits per heavy atom. The number of imide groups is 1. The van der Waals surface area contributed by atoms with Gasteiger partial charge in [-0.05, 0) is 115 Å². The van der Waals surface area contributed by atoms with Crippen LogP contribution in [-0.2, 0) is 27.6 Å². The molecule has 2 atom stereocenters. The number of carbonyl (C=O) groups is 4. The highest BCUT2D eigenvalue weighted by Crippen LogP contribution is 2.42. The van der Waals surface area contributed by atoms with Crippen LogP contribution in [0, 0.1) is 17.2 Å². The minimum Gasteiger partial charge on any atom is -0.331 e. The van der Waals surface area contributed by atoms with Crippen molar-refractivity contribution in [1.82, 2.24) is 29.8 Å². The summed E-state index contributed by atoms with van der Waals surface area (Å²) in [5, 5.41) is 20.1. The van der Waals surface area contributed by atoms with Crippen LogP contribution in [-0.4, -0.2) is 110 Å². The molecule has 62 heavy (non-hydrogen) atoms. The van der Waals surface area contributed by atoms with Crippen LogP contribution in [0.15, 0.2) is 36.4 Å². The largest absolute Gasteiger partial charge is 0.417 e. The average molecular weight is 899 g/mol. The Balaban J connectivity index is 0.00000641. The number of benzene rings is 2. The molecule has 334 valence electrons. The number of unbranched alkanes of at least 4 members (excludes halogenated alkanes) is 1. The lowest BCUT2D eigenvalue weighted by Gasteiger charge is -2.44. The zero-order chi connectivity index (χ0) is 44.0. The Bertz CT molecular complexity index is 2260. The third-order valence-electron chi connectivity index (χ3n) is 12.9. The lowest BCUT2D eigenvalue weighted by Crippen LogP contribution is -2.58. The number of piperazine rings is 1. The third kappa shape index (κ3) is 9.27. The van der Waals surface area contributed by atoms with Gasteiger partial charge < -0.3 is 15.1 Å². The Labute approximate surface area is 371 Å². The summed E-state index contributed by atoms with van der Waals surface area (Å²) in [7, 11) is 1.76.